The van der Waals surface area contributed by atoms with Gasteiger partial charge in [0.05, 0.1) is 4.92 Å². The van der Waals surface area contributed by atoms with E-state index in [1.54, 1.807) is 36.4 Å². The molecule has 28 heavy (non-hydrogen) atoms. The lowest BCUT2D eigenvalue weighted by atomic mass is 10.2. The van der Waals surface area contributed by atoms with Crippen LogP contribution >= 0.6 is 11.6 Å². The maximum atomic E-state index is 11.8. The van der Waals surface area contributed by atoms with Crippen LogP contribution in [0, 0.1) is 10.1 Å². The highest BCUT2D eigenvalue weighted by molar-refractivity contribution is 6.30. The Balaban J connectivity index is 1.44. The van der Waals surface area contributed by atoms with E-state index in [4.69, 9.17) is 20.9 Å². The van der Waals surface area contributed by atoms with Crippen molar-refractivity contribution in [2.24, 2.45) is 0 Å². The molecule has 3 aromatic rings. The SMILES string of the molecule is O=C(COc1ccc(Cl)cc1)NCCc1nc(-c2ccc([N+](=O)[O-])cc2)no1. The number of hydrogen-bond acceptors (Lipinski definition) is 7. The molecular formula is C18H15ClN4O5. The monoisotopic (exact) mass is 402 g/mol. The van der Waals surface area contributed by atoms with Crippen LogP contribution in [0.4, 0.5) is 5.69 Å². The third kappa shape index (κ3) is 5.27. The number of nitrogens with zero attached hydrogens (tertiary/aromatic N) is 3. The summed E-state index contributed by atoms with van der Waals surface area (Å²) in [6, 6.07) is 12.5. The first-order chi connectivity index (χ1) is 13.5. The largest absolute Gasteiger partial charge is 0.484 e. The Kier molecular flexibility index (Phi) is 6.18. The molecule has 0 fully saturated rings. The van der Waals surface area contributed by atoms with Gasteiger partial charge in [0.2, 0.25) is 11.7 Å². The first kappa shape index (κ1) is 19.3. The third-order valence-electron chi connectivity index (χ3n) is 3.65. The Morgan fingerprint density at radius 3 is 2.57 bits per heavy atom. The molecule has 0 unspecified atom stereocenters. The lowest BCUT2D eigenvalue weighted by molar-refractivity contribution is -0.384. The van der Waals surface area contributed by atoms with Crippen LogP contribution in [-0.2, 0) is 11.2 Å². The molecule has 0 aliphatic rings. The van der Waals surface area contributed by atoms with E-state index in [1.807, 2.05) is 0 Å². The molecule has 9 nitrogen and oxygen atoms in total. The predicted octanol–water partition coefficient (Wildman–Crippen LogP) is 3.04. The van der Waals surface area contributed by atoms with Crippen molar-refractivity contribution in [2.45, 2.75) is 6.42 Å². The van der Waals surface area contributed by atoms with Crippen molar-refractivity contribution >= 4 is 23.2 Å². The van der Waals surface area contributed by atoms with E-state index in [0.29, 0.717) is 41.0 Å². The molecule has 1 N–H and O–H groups in total. The van der Waals surface area contributed by atoms with Gasteiger partial charge < -0.3 is 14.6 Å². The molecule has 0 saturated heterocycles. The lowest BCUT2D eigenvalue weighted by Crippen LogP contribution is -2.30. The fraction of sp³-hybridized carbons (Fsp3) is 0.167. The number of non-ortho nitro benzene ring substituents is 1. The summed E-state index contributed by atoms with van der Waals surface area (Å²) >= 11 is 5.78. The molecule has 0 saturated carbocycles. The molecule has 0 atom stereocenters. The summed E-state index contributed by atoms with van der Waals surface area (Å²) in [6.45, 7) is 0.171. The highest BCUT2D eigenvalue weighted by atomic mass is 35.5. The molecule has 1 heterocycles. The molecule has 1 aromatic heterocycles. The van der Waals surface area contributed by atoms with Crippen LogP contribution in [0.25, 0.3) is 11.4 Å². The number of halogens is 1. The van der Waals surface area contributed by atoms with Crippen LogP contribution < -0.4 is 10.1 Å². The van der Waals surface area contributed by atoms with Crippen LogP contribution in [0.3, 0.4) is 0 Å². The van der Waals surface area contributed by atoms with Crippen molar-refractivity contribution in [3.63, 3.8) is 0 Å². The van der Waals surface area contributed by atoms with Crippen molar-refractivity contribution in [1.29, 1.82) is 0 Å². The number of rotatable bonds is 8. The normalized spacial score (nSPS) is 10.5. The quantitative estimate of drug-likeness (QED) is 0.454. The average Bonchev–Trinajstić information content (AvgIpc) is 3.16. The maximum absolute atomic E-state index is 11.8. The van der Waals surface area contributed by atoms with Gasteiger partial charge in [0.1, 0.15) is 5.75 Å². The molecule has 0 aliphatic heterocycles. The molecule has 1 amide bonds. The van der Waals surface area contributed by atoms with E-state index in [0.717, 1.165) is 0 Å². The Bertz CT molecular complexity index is 957. The summed E-state index contributed by atoms with van der Waals surface area (Å²) < 4.78 is 10.5. The zero-order chi connectivity index (χ0) is 19.9. The molecule has 0 spiro atoms. The van der Waals surface area contributed by atoms with E-state index in [1.165, 1.54) is 12.1 Å². The zero-order valence-corrected chi connectivity index (χ0v) is 15.3. The highest BCUT2D eigenvalue weighted by Crippen LogP contribution is 2.20. The van der Waals surface area contributed by atoms with Gasteiger partial charge in [0, 0.05) is 35.7 Å². The zero-order valence-electron chi connectivity index (χ0n) is 14.5. The second kappa shape index (κ2) is 8.96. The number of ether oxygens (including phenoxy) is 1. The number of nitrogens with one attached hydrogen (secondary N) is 1. The second-order valence-electron chi connectivity index (χ2n) is 5.66. The van der Waals surface area contributed by atoms with Gasteiger partial charge >= 0.3 is 0 Å². The van der Waals surface area contributed by atoms with Gasteiger partial charge in [-0.25, -0.2) is 0 Å². The van der Waals surface area contributed by atoms with Crippen molar-refractivity contribution in [3.05, 3.63) is 69.6 Å². The molecule has 3 rings (SSSR count). The number of carbonyl (C=O) groups excluding carboxylic acids is 1. The number of benzene rings is 2. The van der Waals surface area contributed by atoms with Gasteiger partial charge in [-0.1, -0.05) is 16.8 Å². The Hall–Kier alpha value is -3.46. The molecule has 10 heteroatoms. The lowest BCUT2D eigenvalue weighted by Gasteiger charge is -2.06. The second-order valence-corrected chi connectivity index (χ2v) is 6.09. The third-order valence-corrected chi connectivity index (χ3v) is 3.90. The highest BCUT2D eigenvalue weighted by Gasteiger charge is 2.11. The Labute approximate surface area is 164 Å². The molecule has 0 bridgehead atoms. The van der Waals surface area contributed by atoms with E-state index < -0.39 is 4.92 Å². The molecule has 2 aromatic carbocycles. The molecular weight excluding hydrogens is 388 g/mol. The minimum absolute atomic E-state index is 0.0176. The topological polar surface area (TPSA) is 120 Å². The van der Waals surface area contributed by atoms with E-state index in [2.05, 4.69) is 15.5 Å². The first-order valence-corrected chi connectivity index (χ1v) is 8.61. The van der Waals surface area contributed by atoms with Gasteiger partial charge in [-0.3, -0.25) is 14.9 Å². The van der Waals surface area contributed by atoms with E-state index in [-0.39, 0.29) is 18.2 Å². The number of amides is 1. The van der Waals surface area contributed by atoms with Gasteiger partial charge in [0.15, 0.2) is 6.61 Å². The van der Waals surface area contributed by atoms with Crippen molar-refractivity contribution in [1.82, 2.24) is 15.5 Å². The summed E-state index contributed by atoms with van der Waals surface area (Å²) in [4.78, 5) is 26.2. The minimum Gasteiger partial charge on any atom is -0.484 e. The number of hydrogen-bond donors (Lipinski definition) is 1. The van der Waals surface area contributed by atoms with Gasteiger partial charge in [-0.15, -0.1) is 0 Å². The van der Waals surface area contributed by atoms with Gasteiger partial charge in [0.25, 0.3) is 11.6 Å². The van der Waals surface area contributed by atoms with Crippen molar-refractivity contribution < 1.29 is 19.0 Å². The summed E-state index contributed by atoms with van der Waals surface area (Å²) in [7, 11) is 0. The maximum Gasteiger partial charge on any atom is 0.269 e. The summed E-state index contributed by atoms with van der Waals surface area (Å²) in [5.74, 6) is 0.920. The Morgan fingerprint density at radius 2 is 1.89 bits per heavy atom. The summed E-state index contributed by atoms with van der Waals surface area (Å²) in [5.41, 5.74) is 0.581. The fourth-order valence-electron chi connectivity index (χ4n) is 2.25. The molecule has 144 valence electrons. The van der Waals surface area contributed by atoms with Crippen LogP contribution in [0.1, 0.15) is 5.89 Å². The minimum atomic E-state index is -0.481. The van der Waals surface area contributed by atoms with E-state index in [9.17, 15) is 14.9 Å². The van der Waals surface area contributed by atoms with Gasteiger partial charge in [-0.05, 0) is 36.4 Å². The smallest absolute Gasteiger partial charge is 0.269 e. The first-order valence-electron chi connectivity index (χ1n) is 8.24. The van der Waals surface area contributed by atoms with Gasteiger partial charge in [-0.2, -0.15) is 4.98 Å². The number of nitro benzene ring substituents is 1. The van der Waals surface area contributed by atoms with Crippen LogP contribution in [0.2, 0.25) is 5.02 Å². The fourth-order valence-corrected chi connectivity index (χ4v) is 2.37. The number of nitro groups is 1. The summed E-state index contributed by atoms with van der Waals surface area (Å²) in [5, 5.41) is 17.8. The van der Waals surface area contributed by atoms with Crippen molar-refractivity contribution in [3.8, 4) is 17.1 Å². The van der Waals surface area contributed by atoms with Crippen LogP contribution in [-0.4, -0.2) is 34.1 Å². The molecule has 0 aliphatic carbocycles. The predicted molar refractivity (Wildman–Crippen MR) is 100 cm³/mol. The number of aromatic nitrogens is 2. The van der Waals surface area contributed by atoms with Crippen LogP contribution in [0.15, 0.2) is 53.1 Å². The standard InChI is InChI=1S/C18H15ClN4O5/c19-13-3-7-15(8-4-13)27-11-16(24)20-10-9-17-21-18(22-28-17)12-1-5-14(6-2-12)23(25)26/h1-8H,9-11H2,(H,20,24). The summed E-state index contributed by atoms with van der Waals surface area (Å²) in [6.07, 6.45) is 0.340. The van der Waals surface area contributed by atoms with E-state index >= 15 is 0 Å². The van der Waals surface area contributed by atoms with Crippen molar-refractivity contribution in [2.75, 3.05) is 13.2 Å². The number of carbonyl (C=O) groups is 1. The Morgan fingerprint density at radius 1 is 1.18 bits per heavy atom. The molecule has 0 radical (unpaired) electrons. The van der Waals surface area contributed by atoms with Crippen LogP contribution in [0.5, 0.6) is 5.75 Å². The average molecular weight is 403 g/mol.